The third-order valence-corrected chi connectivity index (χ3v) is 5.45. The first-order chi connectivity index (χ1) is 15.4. The summed E-state index contributed by atoms with van der Waals surface area (Å²) >= 11 is 0. The van der Waals surface area contributed by atoms with E-state index in [0.29, 0.717) is 30.3 Å². The van der Waals surface area contributed by atoms with Crippen molar-refractivity contribution in [3.05, 3.63) is 64.8 Å². The maximum absolute atomic E-state index is 12.6. The maximum atomic E-state index is 12.6. The molecule has 0 saturated carbocycles. The third kappa shape index (κ3) is 4.16. The highest BCUT2D eigenvalue weighted by molar-refractivity contribution is 5.94. The van der Waals surface area contributed by atoms with Crippen LogP contribution in [0.1, 0.15) is 41.5 Å². The normalized spacial score (nSPS) is 15.1. The van der Waals surface area contributed by atoms with Gasteiger partial charge < -0.3 is 20.5 Å². The Hall–Kier alpha value is -3.81. The lowest BCUT2D eigenvalue weighted by atomic mass is 9.87. The fourth-order valence-electron chi connectivity index (χ4n) is 3.93. The number of fused-ring (bicyclic) bond motifs is 1. The van der Waals surface area contributed by atoms with Gasteiger partial charge in [0.15, 0.2) is 18.1 Å². The number of nitrogens with one attached hydrogen (secondary N) is 1. The Bertz CT molecular complexity index is 1180. The topological polar surface area (TPSA) is 108 Å². The Morgan fingerprint density at radius 2 is 2.00 bits per heavy atom. The number of benzene rings is 2. The molecule has 0 bridgehead atoms. The Morgan fingerprint density at radius 1 is 1.19 bits per heavy atom. The number of hydrogen-bond acceptors (Lipinski definition) is 5. The van der Waals surface area contributed by atoms with Crippen LogP contribution in [0.15, 0.2) is 42.6 Å². The van der Waals surface area contributed by atoms with E-state index in [0.717, 1.165) is 27.9 Å². The molecule has 1 atom stereocenters. The number of rotatable bonds is 7. The van der Waals surface area contributed by atoms with Gasteiger partial charge in [0.05, 0.1) is 18.5 Å². The van der Waals surface area contributed by atoms with Crippen LogP contribution in [-0.2, 0) is 9.59 Å². The first kappa shape index (κ1) is 21.4. The van der Waals surface area contributed by atoms with Crippen LogP contribution < -0.4 is 20.5 Å². The molecular formula is C24H26N4O4. The smallest absolute Gasteiger partial charge is 0.255 e. The zero-order valence-electron chi connectivity index (χ0n) is 18.3. The predicted molar refractivity (Wildman–Crippen MR) is 120 cm³/mol. The summed E-state index contributed by atoms with van der Waals surface area (Å²) in [4.78, 5) is 23.7. The summed E-state index contributed by atoms with van der Waals surface area (Å²) < 4.78 is 13.0. The van der Waals surface area contributed by atoms with Crippen molar-refractivity contribution in [2.75, 3.05) is 18.5 Å². The number of nitrogens with zero attached hydrogens (tertiary/aromatic N) is 2. The molecule has 0 radical (unpaired) electrons. The Morgan fingerprint density at radius 3 is 2.75 bits per heavy atom. The Labute approximate surface area is 186 Å². The highest BCUT2D eigenvalue weighted by Crippen LogP contribution is 2.41. The van der Waals surface area contributed by atoms with Crippen molar-refractivity contribution in [2.24, 2.45) is 5.73 Å². The van der Waals surface area contributed by atoms with Crippen molar-refractivity contribution in [1.29, 1.82) is 0 Å². The number of amides is 2. The number of aryl methyl sites for hydroxylation is 2. The first-order valence-corrected chi connectivity index (χ1v) is 10.5. The molecule has 3 aromatic rings. The van der Waals surface area contributed by atoms with Gasteiger partial charge in [-0.25, -0.2) is 4.68 Å². The van der Waals surface area contributed by atoms with E-state index in [2.05, 4.69) is 16.5 Å². The molecule has 1 aromatic heterocycles. The van der Waals surface area contributed by atoms with Crippen LogP contribution in [0.5, 0.6) is 11.5 Å². The standard InChI is InChI=1S/C24H26N4O4/c1-4-31-21-10-16(7-8-20(21)32-13-22(25)29)17-11-23(30)27-24-18(17)12-26-28(24)19-9-14(2)5-6-15(19)3/h5-10,12,17H,4,11,13H2,1-3H3,(H2,25,29)(H,27,30). The molecule has 2 heterocycles. The second kappa shape index (κ2) is 8.74. The minimum Gasteiger partial charge on any atom is -0.490 e. The van der Waals surface area contributed by atoms with Gasteiger partial charge in [0.2, 0.25) is 5.91 Å². The van der Waals surface area contributed by atoms with Crippen LogP contribution >= 0.6 is 0 Å². The van der Waals surface area contributed by atoms with Gasteiger partial charge in [-0.1, -0.05) is 18.2 Å². The molecule has 1 unspecified atom stereocenters. The minimum absolute atomic E-state index is 0.0819. The molecule has 32 heavy (non-hydrogen) atoms. The Kier molecular flexibility index (Phi) is 5.85. The number of aromatic nitrogens is 2. The molecule has 4 rings (SSSR count). The summed E-state index contributed by atoms with van der Waals surface area (Å²) in [5.41, 5.74) is 10.1. The van der Waals surface area contributed by atoms with Gasteiger partial charge in [-0.15, -0.1) is 0 Å². The van der Waals surface area contributed by atoms with Gasteiger partial charge in [0, 0.05) is 17.9 Å². The predicted octanol–water partition coefficient (Wildman–Crippen LogP) is 3.23. The van der Waals surface area contributed by atoms with Crippen molar-refractivity contribution in [3.8, 4) is 17.2 Å². The van der Waals surface area contributed by atoms with Gasteiger partial charge in [0.1, 0.15) is 5.82 Å². The lowest BCUT2D eigenvalue weighted by Gasteiger charge is -2.25. The van der Waals surface area contributed by atoms with Crippen molar-refractivity contribution < 1.29 is 19.1 Å². The summed E-state index contributed by atoms with van der Waals surface area (Å²) in [5, 5.41) is 7.59. The number of hydrogen-bond donors (Lipinski definition) is 2. The van der Waals surface area contributed by atoms with E-state index in [1.54, 1.807) is 16.9 Å². The Balaban J connectivity index is 1.74. The monoisotopic (exact) mass is 434 g/mol. The van der Waals surface area contributed by atoms with Crippen molar-refractivity contribution in [3.63, 3.8) is 0 Å². The maximum Gasteiger partial charge on any atom is 0.255 e. The molecule has 3 N–H and O–H groups in total. The molecule has 1 aliphatic heterocycles. The number of anilines is 1. The van der Waals surface area contributed by atoms with Gasteiger partial charge in [-0.05, 0) is 55.7 Å². The second-order valence-corrected chi connectivity index (χ2v) is 7.85. The van der Waals surface area contributed by atoms with Gasteiger partial charge in [-0.2, -0.15) is 5.10 Å². The van der Waals surface area contributed by atoms with Crippen molar-refractivity contribution >= 4 is 17.6 Å². The van der Waals surface area contributed by atoms with E-state index in [-0.39, 0.29) is 18.4 Å². The summed E-state index contributed by atoms with van der Waals surface area (Å²) in [6.45, 7) is 6.10. The molecular weight excluding hydrogens is 408 g/mol. The van der Waals surface area contributed by atoms with E-state index in [9.17, 15) is 9.59 Å². The number of carbonyl (C=O) groups excluding carboxylic acids is 2. The molecule has 2 aromatic carbocycles. The summed E-state index contributed by atoms with van der Waals surface area (Å²) in [6.07, 6.45) is 2.09. The van der Waals surface area contributed by atoms with Crippen molar-refractivity contribution in [2.45, 2.75) is 33.1 Å². The molecule has 0 spiro atoms. The van der Waals surface area contributed by atoms with Gasteiger partial charge >= 0.3 is 0 Å². The quantitative estimate of drug-likeness (QED) is 0.594. The molecule has 0 aliphatic carbocycles. The minimum atomic E-state index is -0.566. The fourth-order valence-corrected chi connectivity index (χ4v) is 3.93. The van der Waals surface area contributed by atoms with Gasteiger partial charge in [-0.3, -0.25) is 9.59 Å². The van der Waals surface area contributed by atoms with E-state index in [4.69, 9.17) is 15.2 Å². The fraction of sp³-hybridized carbons (Fsp3) is 0.292. The molecule has 0 saturated heterocycles. The number of ether oxygens (including phenoxy) is 2. The van der Waals surface area contributed by atoms with E-state index in [1.807, 2.05) is 45.0 Å². The SMILES string of the molecule is CCOc1cc(C2CC(=O)Nc3c2cnn3-c2cc(C)ccc2C)ccc1OCC(N)=O. The van der Waals surface area contributed by atoms with Crippen LogP contribution in [0, 0.1) is 13.8 Å². The number of primary amides is 1. The van der Waals surface area contributed by atoms with Crippen LogP contribution in [0.3, 0.4) is 0 Å². The molecule has 1 aliphatic rings. The summed E-state index contributed by atoms with van der Waals surface area (Å²) in [5.74, 6) is 0.765. The van der Waals surface area contributed by atoms with E-state index >= 15 is 0 Å². The van der Waals surface area contributed by atoms with Crippen molar-refractivity contribution in [1.82, 2.24) is 9.78 Å². The van der Waals surface area contributed by atoms with Gasteiger partial charge in [0.25, 0.3) is 5.91 Å². The van der Waals surface area contributed by atoms with Crippen LogP contribution in [-0.4, -0.2) is 34.8 Å². The lowest BCUT2D eigenvalue weighted by Crippen LogP contribution is -2.25. The van der Waals surface area contributed by atoms with E-state index in [1.165, 1.54) is 0 Å². The molecule has 8 heteroatoms. The molecule has 0 fully saturated rings. The second-order valence-electron chi connectivity index (χ2n) is 7.85. The number of nitrogens with two attached hydrogens (primary N) is 1. The lowest BCUT2D eigenvalue weighted by molar-refractivity contribution is -0.120. The summed E-state index contributed by atoms with van der Waals surface area (Å²) in [7, 11) is 0. The van der Waals surface area contributed by atoms with Crippen LogP contribution in [0.2, 0.25) is 0 Å². The summed E-state index contributed by atoms with van der Waals surface area (Å²) in [6, 6.07) is 11.6. The zero-order chi connectivity index (χ0) is 22.8. The molecule has 8 nitrogen and oxygen atoms in total. The third-order valence-electron chi connectivity index (χ3n) is 5.45. The zero-order valence-corrected chi connectivity index (χ0v) is 18.3. The van der Waals surface area contributed by atoms with Crippen LogP contribution in [0.4, 0.5) is 5.82 Å². The molecule has 2 amide bonds. The van der Waals surface area contributed by atoms with Crippen LogP contribution in [0.25, 0.3) is 5.69 Å². The average molecular weight is 434 g/mol. The highest BCUT2D eigenvalue weighted by Gasteiger charge is 2.31. The number of carbonyl (C=O) groups is 2. The van der Waals surface area contributed by atoms with E-state index < -0.39 is 5.91 Å². The first-order valence-electron chi connectivity index (χ1n) is 10.5. The largest absolute Gasteiger partial charge is 0.490 e. The average Bonchev–Trinajstić information content (AvgIpc) is 3.17. The molecule has 166 valence electrons. The highest BCUT2D eigenvalue weighted by atomic mass is 16.5.